The number of rotatable bonds is 4. The zero-order chi connectivity index (χ0) is 10.6. The summed E-state index contributed by atoms with van der Waals surface area (Å²) in [6.45, 7) is 3.44. The summed E-state index contributed by atoms with van der Waals surface area (Å²) >= 11 is 0. The molecule has 0 aromatic carbocycles. The van der Waals surface area contributed by atoms with Gasteiger partial charge >= 0.3 is 0 Å². The van der Waals surface area contributed by atoms with Crippen molar-refractivity contribution >= 4 is 0 Å². The highest BCUT2D eigenvalue weighted by atomic mass is 19.3. The van der Waals surface area contributed by atoms with Gasteiger partial charge in [-0.2, -0.15) is 0 Å². The summed E-state index contributed by atoms with van der Waals surface area (Å²) in [4.78, 5) is 0. The highest BCUT2D eigenvalue weighted by molar-refractivity contribution is 4.79. The SMILES string of the molecule is C[C@@H](CN)NCC1CCC(F)(F)CC1. The second-order valence-electron chi connectivity index (χ2n) is 4.34. The molecule has 84 valence electrons. The van der Waals surface area contributed by atoms with Gasteiger partial charge in [-0.1, -0.05) is 0 Å². The zero-order valence-corrected chi connectivity index (χ0v) is 8.73. The summed E-state index contributed by atoms with van der Waals surface area (Å²) in [5.74, 6) is -2.00. The van der Waals surface area contributed by atoms with Gasteiger partial charge in [0.25, 0.3) is 0 Å². The standard InChI is InChI=1S/C10H20F2N2/c1-8(6-13)14-7-9-2-4-10(11,12)5-3-9/h8-9,14H,2-7,13H2,1H3/t8-/m0/s1. The first-order valence-electron chi connectivity index (χ1n) is 5.35. The number of hydrogen-bond acceptors (Lipinski definition) is 2. The van der Waals surface area contributed by atoms with Gasteiger partial charge in [-0.25, -0.2) is 8.78 Å². The van der Waals surface area contributed by atoms with Crippen LogP contribution in [0.1, 0.15) is 32.6 Å². The van der Waals surface area contributed by atoms with E-state index in [1.165, 1.54) is 0 Å². The predicted octanol–water partition coefficient (Wildman–Crippen LogP) is 1.75. The summed E-state index contributed by atoms with van der Waals surface area (Å²) in [7, 11) is 0. The third kappa shape index (κ3) is 3.88. The van der Waals surface area contributed by atoms with Crippen molar-refractivity contribution < 1.29 is 8.78 Å². The molecule has 4 heteroatoms. The smallest absolute Gasteiger partial charge is 0.248 e. The lowest BCUT2D eigenvalue weighted by Gasteiger charge is -2.29. The molecule has 0 aromatic heterocycles. The second kappa shape index (κ2) is 5.03. The summed E-state index contributed by atoms with van der Waals surface area (Å²) in [6, 6.07) is 0.289. The molecule has 1 rings (SSSR count). The van der Waals surface area contributed by atoms with E-state index in [1.54, 1.807) is 0 Å². The minimum Gasteiger partial charge on any atom is -0.329 e. The molecule has 0 radical (unpaired) electrons. The Bertz CT molecular complexity index is 164. The lowest BCUT2D eigenvalue weighted by molar-refractivity contribution is -0.0456. The van der Waals surface area contributed by atoms with Crippen molar-refractivity contribution in [2.24, 2.45) is 11.7 Å². The third-order valence-corrected chi connectivity index (χ3v) is 2.95. The monoisotopic (exact) mass is 206 g/mol. The van der Waals surface area contributed by atoms with Crippen LogP contribution in [0.4, 0.5) is 8.78 Å². The Kier molecular flexibility index (Phi) is 4.26. The van der Waals surface area contributed by atoms with E-state index in [0.717, 1.165) is 6.54 Å². The van der Waals surface area contributed by atoms with Gasteiger partial charge in [0.1, 0.15) is 0 Å². The quantitative estimate of drug-likeness (QED) is 0.735. The van der Waals surface area contributed by atoms with E-state index in [1.807, 2.05) is 6.92 Å². The summed E-state index contributed by atoms with van der Waals surface area (Å²) in [5, 5.41) is 3.26. The molecule has 1 saturated carbocycles. The molecule has 1 atom stereocenters. The fourth-order valence-corrected chi connectivity index (χ4v) is 1.76. The lowest BCUT2D eigenvalue weighted by Crippen LogP contribution is -2.38. The highest BCUT2D eigenvalue weighted by Gasteiger charge is 2.34. The normalized spacial score (nSPS) is 24.9. The Morgan fingerprint density at radius 1 is 1.43 bits per heavy atom. The maximum atomic E-state index is 12.8. The van der Waals surface area contributed by atoms with Gasteiger partial charge in [0, 0.05) is 25.4 Å². The van der Waals surface area contributed by atoms with Crippen LogP contribution in [0.15, 0.2) is 0 Å². The first kappa shape index (κ1) is 11.9. The van der Waals surface area contributed by atoms with Gasteiger partial charge in [-0.15, -0.1) is 0 Å². The van der Waals surface area contributed by atoms with Crippen LogP contribution in [0.2, 0.25) is 0 Å². The van der Waals surface area contributed by atoms with E-state index in [0.29, 0.717) is 25.3 Å². The van der Waals surface area contributed by atoms with Crippen LogP contribution in [-0.4, -0.2) is 25.1 Å². The number of hydrogen-bond donors (Lipinski definition) is 2. The maximum Gasteiger partial charge on any atom is 0.248 e. The third-order valence-electron chi connectivity index (χ3n) is 2.95. The van der Waals surface area contributed by atoms with E-state index in [9.17, 15) is 8.78 Å². The van der Waals surface area contributed by atoms with Gasteiger partial charge in [0.2, 0.25) is 5.92 Å². The van der Waals surface area contributed by atoms with Gasteiger partial charge in [-0.3, -0.25) is 0 Å². The van der Waals surface area contributed by atoms with Crippen LogP contribution in [0.3, 0.4) is 0 Å². The molecule has 2 nitrogen and oxygen atoms in total. The van der Waals surface area contributed by atoms with E-state index < -0.39 is 5.92 Å². The molecule has 1 aliphatic carbocycles. The van der Waals surface area contributed by atoms with Crippen LogP contribution in [-0.2, 0) is 0 Å². The zero-order valence-electron chi connectivity index (χ0n) is 8.73. The van der Waals surface area contributed by atoms with Gasteiger partial charge in [0.15, 0.2) is 0 Å². The fourth-order valence-electron chi connectivity index (χ4n) is 1.76. The minimum absolute atomic E-state index is 0.0519. The molecular formula is C10H20F2N2. The summed E-state index contributed by atoms with van der Waals surface area (Å²) in [5.41, 5.74) is 5.45. The Morgan fingerprint density at radius 3 is 2.50 bits per heavy atom. The van der Waals surface area contributed by atoms with E-state index >= 15 is 0 Å². The molecule has 0 bridgehead atoms. The number of nitrogens with one attached hydrogen (secondary N) is 1. The van der Waals surface area contributed by atoms with E-state index in [2.05, 4.69) is 5.32 Å². The van der Waals surface area contributed by atoms with Crippen LogP contribution in [0.5, 0.6) is 0 Å². The first-order chi connectivity index (χ1) is 6.53. The van der Waals surface area contributed by atoms with E-state index in [-0.39, 0.29) is 18.9 Å². The van der Waals surface area contributed by atoms with E-state index in [4.69, 9.17) is 5.73 Å². The van der Waals surface area contributed by atoms with Gasteiger partial charge in [-0.05, 0) is 32.2 Å². The van der Waals surface area contributed by atoms with Crippen LogP contribution in [0, 0.1) is 5.92 Å². The van der Waals surface area contributed by atoms with Crippen molar-refractivity contribution in [1.82, 2.24) is 5.32 Å². The largest absolute Gasteiger partial charge is 0.329 e. The Balaban J connectivity index is 2.16. The fraction of sp³-hybridized carbons (Fsp3) is 1.00. The summed E-state index contributed by atoms with van der Waals surface area (Å²) in [6.07, 6.45) is 1.38. The molecule has 0 aromatic rings. The highest BCUT2D eigenvalue weighted by Crippen LogP contribution is 2.35. The van der Waals surface area contributed by atoms with Crippen molar-refractivity contribution in [2.75, 3.05) is 13.1 Å². The number of nitrogens with two attached hydrogens (primary N) is 1. The average molecular weight is 206 g/mol. The van der Waals surface area contributed by atoms with Gasteiger partial charge < -0.3 is 11.1 Å². The lowest BCUT2D eigenvalue weighted by atomic mass is 9.86. The Hall–Kier alpha value is -0.220. The van der Waals surface area contributed by atoms with Gasteiger partial charge in [0.05, 0.1) is 0 Å². The van der Waals surface area contributed by atoms with Crippen molar-refractivity contribution in [1.29, 1.82) is 0 Å². The molecule has 0 spiro atoms. The number of alkyl halides is 2. The molecule has 0 heterocycles. The molecular weight excluding hydrogens is 186 g/mol. The summed E-state index contributed by atoms with van der Waals surface area (Å²) < 4.78 is 25.6. The topological polar surface area (TPSA) is 38.0 Å². The molecule has 0 aliphatic heterocycles. The molecule has 3 N–H and O–H groups in total. The Morgan fingerprint density at radius 2 is 2.00 bits per heavy atom. The first-order valence-corrected chi connectivity index (χ1v) is 5.35. The average Bonchev–Trinajstić information content (AvgIpc) is 2.16. The van der Waals surface area contributed by atoms with Crippen molar-refractivity contribution in [3.8, 4) is 0 Å². The molecule has 1 aliphatic rings. The second-order valence-corrected chi connectivity index (χ2v) is 4.34. The number of halogens is 2. The molecule has 14 heavy (non-hydrogen) atoms. The van der Waals surface area contributed by atoms with Crippen molar-refractivity contribution in [2.45, 2.75) is 44.6 Å². The van der Waals surface area contributed by atoms with Crippen LogP contribution < -0.4 is 11.1 Å². The van der Waals surface area contributed by atoms with Crippen LogP contribution in [0.25, 0.3) is 0 Å². The van der Waals surface area contributed by atoms with Crippen molar-refractivity contribution in [3.63, 3.8) is 0 Å². The van der Waals surface area contributed by atoms with Crippen LogP contribution >= 0.6 is 0 Å². The Labute approximate surface area is 84.2 Å². The van der Waals surface area contributed by atoms with Crippen molar-refractivity contribution in [3.05, 3.63) is 0 Å². The predicted molar refractivity (Wildman–Crippen MR) is 53.4 cm³/mol. The molecule has 0 unspecified atom stereocenters. The molecule has 1 fully saturated rings. The minimum atomic E-state index is -2.41. The molecule has 0 amide bonds. The maximum absolute atomic E-state index is 12.8. The molecule has 0 saturated heterocycles.